The minimum absolute atomic E-state index is 0.0368. The van der Waals surface area contributed by atoms with E-state index in [-0.39, 0.29) is 10.9 Å². The van der Waals surface area contributed by atoms with E-state index in [1.54, 1.807) is 6.92 Å². The quantitative estimate of drug-likeness (QED) is 0.591. The van der Waals surface area contributed by atoms with E-state index in [1.165, 1.54) is 24.0 Å². The van der Waals surface area contributed by atoms with Crippen LogP contribution in [0, 0.1) is 0 Å². The van der Waals surface area contributed by atoms with E-state index in [0.29, 0.717) is 5.16 Å². The summed E-state index contributed by atoms with van der Waals surface area (Å²) < 4.78 is 0. The molecule has 5 nitrogen and oxygen atoms in total. The molecule has 0 aliphatic rings. The molecule has 0 bridgehead atoms. The normalized spacial score (nSPS) is 14.6. The van der Waals surface area contributed by atoms with Gasteiger partial charge in [0.15, 0.2) is 10.9 Å². The van der Waals surface area contributed by atoms with Crippen LogP contribution in [0.1, 0.15) is 24.3 Å². The van der Waals surface area contributed by atoms with Crippen LogP contribution >= 0.6 is 11.8 Å². The lowest BCUT2D eigenvalue weighted by Gasteiger charge is -2.12. The maximum atomic E-state index is 10.6. The number of aromatic nitrogens is 2. The van der Waals surface area contributed by atoms with Crippen molar-refractivity contribution >= 4 is 17.7 Å². The lowest BCUT2D eigenvalue weighted by molar-refractivity contribution is 0.0689. The van der Waals surface area contributed by atoms with Crippen molar-refractivity contribution in [3.05, 3.63) is 18.0 Å². The number of hydrogen-bond donors (Lipinski definition) is 2. The highest BCUT2D eigenvalue weighted by Gasteiger charge is 2.13. The van der Waals surface area contributed by atoms with Crippen LogP contribution in [0.25, 0.3) is 0 Å². The van der Waals surface area contributed by atoms with E-state index in [4.69, 9.17) is 5.11 Å². The first-order valence-electron chi connectivity index (χ1n) is 4.41. The topological polar surface area (TPSA) is 83.3 Å². The van der Waals surface area contributed by atoms with Crippen LogP contribution in [0.3, 0.4) is 0 Å². The fourth-order valence-corrected chi connectivity index (χ4v) is 1.58. The molecule has 1 heterocycles. The molecule has 0 spiro atoms. The zero-order chi connectivity index (χ0) is 11.4. The molecule has 0 aliphatic heterocycles. The van der Waals surface area contributed by atoms with Crippen LogP contribution in [0.2, 0.25) is 0 Å². The fraction of sp³-hybridized carbons (Fsp3) is 0.444. The predicted octanol–water partition coefficient (Wildman–Crippen LogP) is 1.04. The summed E-state index contributed by atoms with van der Waals surface area (Å²) in [7, 11) is 0. The van der Waals surface area contributed by atoms with Gasteiger partial charge in [-0.2, -0.15) is 0 Å². The van der Waals surface area contributed by atoms with Gasteiger partial charge >= 0.3 is 5.97 Å². The van der Waals surface area contributed by atoms with E-state index >= 15 is 0 Å². The lowest BCUT2D eigenvalue weighted by Crippen LogP contribution is -2.15. The summed E-state index contributed by atoms with van der Waals surface area (Å²) in [6.07, 6.45) is 0.903. The molecule has 1 rings (SSSR count). The number of carbonyl (C=O) groups is 1. The van der Waals surface area contributed by atoms with Crippen LogP contribution in [0.5, 0.6) is 0 Å². The van der Waals surface area contributed by atoms with E-state index < -0.39 is 12.1 Å². The number of nitrogens with zero attached hydrogens (tertiary/aromatic N) is 2. The number of thioether (sulfide) groups is 1. The molecule has 0 fully saturated rings. The molecule has 0 saturated heterocycles. The SMILES string of the molecule is CC(O)C(C)Sc1nccc(C(=O)O)n1. The molecule has 15 heavy (non-hydrogen) atoms. The molecular weight excluding hydrogens is 216 g/mol. The second-order valence-electron chi connectivity index (χ2n) is 3.09. The van der Waals surface area contributed by atoms with E-state index in [1.807, 2.05) is 6.92 Å². The highest BCUT2D eigenvalue weighted by Crippen LogP contribution is 2.21. The third kappa shape index (κ3) is 3.49. The second-order valence-corrected chi connectivity index (χ2v) is 4.44. The smallest absolute Gasteiger partial charge is 0.354 e. The van der Waals surface area contributed by atoms with Gasteiger partial charge in [0.25, 0.3) is 0 Å². The standard InChI is InChI=1S/C9H12N2O3S/c1-5(12)6(2)15-9-10-4-3-7(11-9)8(13)14/h3-6,12H,1-2H3,(H,13,14). The Morgan fingerprint density at radius 2 is 2.20 bits per heavy atom. The number of rotatable bonds is 4. The maximum absolute atomic E-state index is 10.6. The van der Waals surface area contributed by atoms with Crippen LogP contribution < -0.4 is 0 Å². The van der Waals surface area contributed by atoms with Crippen molar-refractivity contribution in [1.29, 1.82) is 0 Å². The van der Waals surface area contributed by atoms with Gasteiger partial charge < -0.3 is 10.2 Å². The van der Waals surface area contributed by atoms with Crippen molar-refractivity contribution in [1.82, 2.24) is 9.97 Å². The zero-order valence-electron chi connectivity index (χ0n) is 8.41. The molecule has 1 aromatic heterocycles. The van der Waals surface area contributed by atoms with Gasteiger partial charge in [-0.1, -0.05) is 18.7 Å². The molecule has 1 aromatic rings. The van der Waals surface area contributed by atoms with E-state index in [2.05, 4.69) is 9.97 Å². The molecule has 6 heteroatoms. The Morgan fingerprint density at radius 1 is 1.53 bits per heavy atom. The van der Waals surface area contributed by atoms with Crippen molar-refractivity contribution in [2.75, 3.05) is 0 Å². The van der Waals surface area contributed by atoms with Crippen molar-refractivity contribution < 1.29 is 15.0 Å². The molecule has 0 aromatic carbocycles. The van der Waals surface area contributed by atoms with Crippen LogP contribution in [0.15, 0.2) is 17.4 Å². The zero-order valence-corrected chi connectivity index (χ0v) is 9.23. The fourth-order valence-electron chi connectivity index (χ4n) is 0.781. The van der Waals surface area contributed by atoms with Crippen molar-refractivity contribution in [3.8, 4) is 0 Å². The van der Waals surface area contributed by atoms with Gasteiger partial charge in [0.1, 0.15) is 0 Å². The number of carboxylic acid groups (broad SMARTS) is 1. The Hall–Kier alpha value is -1.14. The Morgan fingerprint density at radius 3 is 2.73 bits per heavy atom. The molecule has 0 aliphatic carbocycles. The molecule has 2 atom stereocenters. The van der Waals surface area contributed by atoms with Gasteiger partial charge in [-0.15, -0.1) is 0 Å². The number of hydrogen-bond acceptors (Lipinski definition) is 5. The van der Waals surface area contributed by atoms with Gasteiger partial charge in [0, 0.05) is 11.4 Å². The summed E-state index contributed by atoms with van der Waals surface area (Å²) >= 11 is 1.25. The summed E-state index contributed by atoms with van der Waals surface area (Å²) in [6.45, 7) is 3.49. The van der Waals surface area contributed by atoms with Gasteiger partial charge in [-0.05, 0) is 13.0 Å². The van der Waals surface area contributed by atoms with Crippen LogP contribution in [-0.2, 0) is 0 Å². The molecule has 2 N–H and O–H groups in total. The molecule has 0 radical (unpaired) electrons. The van der Waals surface area contributed by atoms with Crippen LogP contribution in [0.4, 0.5) is 0 Å². The average molecular weight is 228 g/mol. The highest BCUT2D eigenvalue weighted by molar-refractivity contribution is 7.99. The monoisotopic (exact) mass is 228 g/mol. The Balaban J connectivity index is 2.78. The van der Waals surface area contributed by atoms with Gasteiger partial charge in [0.2, 0.25) is 0 Å². The largest absolute Gasteiger partial charge is 0.477 e. The van der Waals surface area contributed by atoms with Gasteiger partial charge in [-0.25, -0.2) is 14.8 Å². The van der Waals surface area contributed by atoms with Crippen molar-refractivity contribution in [2.45, 2.75) is 30.4 Å². The van der Waals surface area contributed by atoms with Crippen LogP contribution in [-0.4, -0.2) is 37.5 Å². The van der Waals surface area contributed by atoms with E-state index in [9.17, 15) is 9.90 Å². The number of carboxylic acids is 1. The maximum Gasteiger partial charge on any atom is 0.354 e. The molecule has 82 valence electrons. The predicted molar refractivity (Wildman–Crippen MR) is 56.0 cm³/mol. The first-order chi connectivity index (χ1) is 7.00. The average Bonchev–Trinajstić information content (AvgIpc) is 2.18. The Kier molecular flexibility index (Phi) is 4.05. The second kappa shape index (κ2) is 5.09. The molecule has 0 saturated carbocycles. The Labute approximate surface area is 91.6 Å². The highest BCUT2D eigenvalue weighted by atomic mass is 32.2. The van der Waals surface area contributed by atoms with Crippen molar-refractivity contribution in [3.63, 3.8) is 0 Å². The first kappa shape index (κ1) is 11.9. The summed E-state index contributed by atoms with van der Waals surface area (Å²) in [4.78, 5) is 18.4. The third-order valence-corrected chi connectivity index (χ3v) is 3.00. The minimum Gasteiger partial charge on any atom is -0.477 e. The number of aliphatic hydroxyl groups excluding tert-OH is 1. The lowest BCUT2D eigenvalue weighted by atomic mass is 10.3. The first-order valence-corrected chi connectivity index (χ1v) is 5.29. The van der Waals surface area contributed by atoms with Gasteiger partial charge in [-0.3, -0.25) is 0 Å². The molecule has 2 unspecified atom stereocenters. The summed E-state index contributed by atoms with van der Waals surface area (Å²) in [5, 5.41) is 18.3. The Bertz CT molecular complexity index is 357. The van der Waals surface area contributed by atoms with Gasteiger partial charge in [0.05, 0.1) is 6.10 Å². The van der Waals surface area contributed by atoms with Crippen molar-refractivity contribution in [2.24, 2.45) is 0 Å². The summed E-state index contributed by atoms with van der Waals surface area (Å²) in [5.41, 5.74) is -0.0368. The van der Waals surface area contributed by atoms with E-state index in [0.717, 1.165) is 0 Å². The summed E-state index contributed by atoms with van der Waals surface area (Å²) in [6, 6.07) is 1.33. The molecule has 0 amide bonds. The molecular formula is C9H12N2O3S. The summed E-state index contributed by atoms with van der Waals surface area (Å²) in [5.74, 6) is -1.08. The third-order valence-electron chi connectivity index (χ3n) is 1.82. The number of aromatic carboxylic acids is 1. The number of aliphatic hydroxyl groups is 1. The minimum atomic E-state index is -1.08.